The van der Waals surface area contributed by atoms with Gasteiger partial charge in [-0.3, -0.25) is 4.99 Å². The first-order valence-electron chi connectivity index (χ1n) is 9.22. The molecule has 1 aromatic rings. The number of unbranched alkanes of at least 4 members (excludes halogenated alkanes) is 2. The molecule has 2 rings (SSSR count). The molecule has 0 aliphatic carbocycles. The van der Waals surface area contributed by atoms with Gasteiger partial charge in [-0.25, -0.2) is 9.67 Å². The van der Waals surface area contributed by atoms with Crippen LogP contribution in [0.4, 0.5) is 0 Å². The maximum absolute atomic E-state index is 5.12. The molecule has 8 nitrogen and oxygen atoms in total. The highest BCUT2D eigenvalue weighted by Gasteiger charge is 2.22. The minimum Gasteiger partial charge on any atom is -0.385 e. The van der Waals surface area contributed by atoms with Crippen LogP contribution < -0.4 is 10.6 Å². The number of halogens is 1. The molecule has 0 fully saturated rings. The second-order valence-corrected chi connectivity index (χ2v) is 6.25. The number of aliphatic imine (C=N–C) groups is 1. The van der Waals surface area contributed by atoms with Crippen molar-refractivity contribution >= 4 is 29.9 Å². The molecule has 0 saturated heterocycles. The topological polar surface area (TPSA) is 85.6 Å². The van der Waals surface area contributed by atoms with Gasteiger partial charge in [0.05, 0.1) is 6.54 Å². The summed E-state index contributed by atoms with van der Waals surface area (Å²) in [5, 5.41) is 11.4. The van der Waals surface area contributed by atoms with Gasteiger partial charge in [0.1, 0.15) is 12.4 Å². The number of ether oxygens (including phenoxy) is 2. The number of nitrogens with one attached hydrogen (secondary N) is 2. The molecule has 0 spiro atoms. The summed E-state index contributed by atoms with van der Waals surface area (Å²) in [5.74, 6) is 2.69. The van der Waals surface area contributed by atoms with Crippen molar-refractivity contribution in [1.29, 1.82) is 0 Å². The zero-order chi connectivity index (χ0) is 17.9. The summed E-state index contributed by atoms with van der Waals surface area (Å²) < 4.78 is 12.2. The fourth-order valence-electron chi connectivity index (χ4n) is 2.91. The van der Waals surface area contributed by atoms with Crippen LogP contribution >= 0.6 is 24.0 Å². The van der Waals surface area contributed by atoms with E-state index in [1.165, 1.54) is 0 Å². The van der Waals surface area contributed by atoms with Crippen molar-refractivity contribution in [3.05, 3.63) is 11.6 Å². The van der Waals surface area contributed by atoms with E-state index < -0.39 is 0 Å². The molecule has 9 heteroatoms. The number of fused-ring (bicyclic) bond motifs is 1. The fraction of sp³-hybridized carbons (Fsp3) is 0.824. The van der Waals surface area contributed by atoms with Gasteiger partial charge >= 0.3 is 0 Å². The number of aromatic nitrogens is 3. The molecule has 0 aromatic carbocycles. The number of methoxy groups -OCH3 is 2. The first kappa shape index (κ1) is 23.1. The summed E-state index contributed by atoms with van der Waals surface area (Å²) in [7, 11) is 3.41. The molecule has 1 atom stereocenters. The van der Waals surface area contributed by atoms with Crippen LogP contribution in [0.3, 0.4) is 0 Å². The van der Waals surface area contributed by atoms with E-state index >= 15 is 0 Å². The Bertz CT molecular complexity index is 537. The van der Waals surface area contributed by atoms with Gasteiger partial charge < -0.3 is 20.1 Å². The molecule has 0 saturated carbocycles. The predicted octanol–water partition coefficient (Wildman–Crippen LogP) is 1.73. The number of guanidine groups is 1. The highest BCUT2D eigenvalue weighted by atomic mass is 127. The summed E-state index contributed by atoms with van der Waals surface area (Å²) in [6.07, 6.45) is 5.27. The molecule has 0 radical (unpaired) electrons. The van der Waals surface area contributed by atoms with Crippen molar-refractivity contribution in [3.8, 4) is 0 Å². The van der Waals surface area contributed by atoms with Crippen LogP contribution in [-0.2, 0) is 29.0 Å². The lowest BCUT2D eigenvalue weighted by molar-refractivity contribution is 0.177. The van der Waals surface area contributed by atoms with Crippen LogP contribution in [0.25, 0.3) is 0 Å². The first-order chi connectivity index (χ1) is 12.3. The highest BCUT2D eigenvalue weighted by Crippen LogP contribution is 2.13. The Balaban J connectivity index is 0.00000338. The zero-order valence-corrected chi connectivity index (χ0v) is 18.5. The maximum Gasteiger partial charge on any atom is 0.191 e. The van der Waals surface area contributed by atoms with Gasteiger partial charge in [-0.2, -0.15) is 5.10 Å². The molecule has 0 amide bonds. The second-order valence-electron chi connectivity index (χ2n) is 6.25. The Morgan fingerprint density at radius 2 is 2.12 bits per heavy atom. The molecular formula is C17H33IN6O2. The third kappa shape index (κ3) is 7.75. The van der Waals surface area contributed by atoms with E-state index in [2.05, 4.69) is 32.6 Å². The van der Waals surface area contributed by atoms with Crippen LogP contribution in [0.2, 0.25) is 0 Å². The number of hydrogen-bond donors (Lipinski definition) is 2. The lowest BCUT2D eigenvalue weighted by Crippen LogP contribution is -2.47. The van der Waals surface area contributed by atoms with Crippen molar-refractivity contribution in [2.75, 3.05) is 33.9 Å². The minimum atomic E-state index is 0. The molecule has 1 aliphatic heterocycles. The van der Waals surface area contributed by atoms with Gasteiger partial charge in [-0.05, 0) is 32.6 Å². The third-order valence-corrected chi connectivity index (χ3v) is 4.14. The third-order valence-electron chi connectivity index (χ3n) is 4.14. The summed E-state index contributed by atoms with van der Waals surface area (Å²) in [5.41, 5.74) is 0. The summed E-state index contributed by atoms with van der Waals surface area (Å²) in [6.45, 7) is 5.88. The molecule has 1 aliphatic rings. The highest BCUT2D eigenvalue weighted by molar-refractivity contribution is 14.0. The van der Waals surface area contributed by atoms with E-state index in [1.807, 2.05) is 4.68 Å². The Morgan fingerprint density at radius 3 is 2.85 bits per heavy atom. The van der Waals surface area contributed by atoms with Crippen LogP contribution in [0.5, 0.6) is 0 Å². The molecule has 150 valence electrons. The Labute approximate surface area is 173 Å². The average Bonchev–Trinajstić information content (AvgIpc) is 3.00. The number of nitrogens with zero attached hydrogens (tertiary/aromatic N) is 4. The van der Waals surface area contributed by atoms with Crippen molar-refractivity contribution in [3.63, 3.8) is 0 Å². The second kappa shape index (κ2) is 13.3. The largest absolute Gasteiger partial charge is 0.385 e. The van der Waals surface area contributed by atoms with Crippen LogP contribution in [0.15, 0.2) is 4.99 Å². The van der Waals surface area contributed by atoms with Crippen LogP contribution in [-0.4, -0.2) is 60.7 Å². The first-order valence-corrected chi connectivity index (χ1v) is 9.22. The Morgan fingerprint density at radius 1 is 1.27 bits per heavy atom. The van der Waals surface area contributed by atoms with Gasteiger partial charge in [0, 0.05) is 46.4 Å². The smallest absolute Gasteiger partial charge is 0.191 e. The Kier molecular flexibility index (Phi) is 11.8. The average molecular weight is 480 g/mol. The van der Waals surface area contributed by atoms with E-state index in [-0.39, 0.29) is 24.0 Å². The van der Waals surface area contributed by atoms with E-state index in [9.17, 15) is 0 Å². The van der Waals surface area contributed by atoms with Gasteiger partial charge in [-0.15, -0.1) is 24.0 Å². The predicted molar refractivity (Wildman–Crippen MR) is 113 cm³/mol. The molecule has 1 unspecified atom stereocenters. The maximum atomic E-state index is 5.12. The quantitative estimate of drug-likeness (QED) is 0.230. The zero-order valence-electron chi connectivity index (χ0n) is 16.2. The van der Waals surface area contributed by atoms with Gasteiger partial charge in [-0.1, -0.05) is 0 Å². The normalized spacial score (nSPS) is 16.7. The van der Waals surface area contributed by atoms with Crippen LogP contribution in [0, 0.1) is 0 Å². The van der Waals surface area contributed by atoms with Crippen molar-refractivity contribution in [2.24, 2.45) is 4.99 Å². The molecular weight excluding hydrogens is 447 g/mol. The van der Waals surface area contributed by atoms with Crippen molar-refractivity contribution in [2.45, 2.75) is 58.2 Å². The minimum absolute atomic E-state index is 0. The lowest BCUT2D eigenvalue weighted by Gasteiger charge is -2.25. The lowest BCUT2D eigenvalue weighted by atomic mass is 10.1. The van der Waals surface area contributed by atoms with E-state index in [0.29, 0.717) is 12.6 Å². The molecule has 2 heterocycles. The fourth-order valence-corrected chi connectivity index (χ4v) is 2.91. The van der Waals surface area contributed by atoms with Crippen LogP contribution in [0.1, 0.15) is 44.3 Å². The van der Waals surface area contributed by atoms with E-state index in [0.717, 1.165) is 76.0 Å². The number of hydrogen-bond acceptors (Lipinski definition) is 5. The van der Waals surface area contributed by atoms with E-state index in [4.69, 9.17) is 9.47 Å². The molecule has 26 heavy (non-hydrogen) atoms. The molecule has 2 N–H and O–H groups in total. The SMILES string of the molecule is CCNC(=NCCCCCOC)NC1CCc2nc(COC)nn2C1.I. The van der Waals surface area contributed by atoms with E-state index in [1.54, 1.807) is 14.2 Å². The monoisotopic (exact) mass is 480 g/mol. The summed E-state index contributed by atoms with van der Waals surface area (Å²) in [4.78, 5) is 9.20. The number of aryl methyl sites for hydroxylation is 1. The molecule has 0 bridgehead atoms. The van der Waals surface area contributed by atoms with Gasteiger partial charge in [0.25, 0.3) is 0 Å². The summed E-state index contributed by atoms with van der Waals surface area (Å²) in [6, 6.07) is 0.316. The summed E-state index contributed by atoms with van der Waals surface area (Å²) >= 11 is 0. The molecule has 1 aromatic heterocycles. The Hall–Kier alpha value is -0.940. The van der Waals surface area contributed by atoms with Crippen molar-refractivity contribution in [1.82, 2.24) is 25.4 Å². The van der Waals surface area contributed by atoms with Gasteiger partial charge in [0.2, 0.25) is 0 Å². The number of rotatable bonds is 10. The van der Waals surface area contributed by atoms with Gasteiger partial charge in [0.15, 0.2) is 11.8 Å². The van der Waals surface area contributed by atoms with Crippen molar-refractivity contribution < 1.29 is 9.47 Å². The standard InChI is InChI=1S/C17H32N6O2.HI/c1-4-18-17(19-10-6-5-7-11-24-2)20-14-8-9-16-21-15(13-25-3)22-23(16)12-14;/h14H,4-13H2,1-3H3,(H2,18,19,20);1H.